The maximum absolute atomic E-state index is 12.5. The van der Waals surface area contributed by atoms with E-state index in [9.17, 15) is 8.42 Å². The Kier molecular flexibility index (Phi) is 5.41. The lowest BCUT2D eigenvalue weighted by Gasteiger charge is -2.06. The van der Waals surface area contributed by atoms with Gasteiger partial charge in [-0.1, -0.05) is 30.0 Å². The van der Waals surface area contributed by atoms with Gasteiger partial charge in [-0.25, -0.2) is 4.98 Å². The van der Waals surface area contributed by atoms with Crippen LogP contribution in [0.4, 0.5) is 0 Å². The van der Waals surface area contributed by atoms with Crippen molar-refractivity contribution < 1.29 is 17.3 Å². The zero-order valence-corrected chi connectivity index (χ0v) is 17.0. The Balaban J connectivity index is 1.52. The van der Waals surface area contributed by atoms with E-state index in [0.29, 0.717) is 16.4 Å². The summed E-state index contributed by atoms with van der Waals surface area (Å²) in [6.07, 6.45) is 1.69. The first-order chi connectivity index (χ1) is 14.0. The van der Waals surface area contributed by atoms with Crippen molar-refractivity contribution in [1.29, 1.82) is 0 Å². The summed E-state index contributed by atoms with van der Waals surface area (Å²) in [5, 5.41) is 0.670. The molecule has 0 bridgehead atoms. The Morgan fingerprint density at radius 2 is 1.86 bits per heavy atom. The van der Waals surface area contributed by atoms with E-state index in [1.807, 2.05) is 6.07 Å². The van der Waals surface area contributed by atoms with Crippen molar-refractivity contribution in [2.45, 2.75) is 15.8 Å². The molecule has 9 heteroatoms. The predicted octanol–water partition coefficient (Wildman–Crippen LogP) is 4.03. The first-order valence-corrected chi connectivity index (χ1v) is 11.0. The molecular weight excluding hydrogens is 410 g/mol. The van der Waals surface area contributed by atoms with Crippen LogP contribution in [-0.4, -0.2) is 30.5 Å². The van der Waals surface area contributed by atoms with Crippen LogP contribution in [0, 0.1) is 0 Å². The number of hydrogen-bond acceptors (Lipinski definition) is 7. The number of hydrogen-bond donors (Lipinski definition) is 1. The van der Waals surface area contributed by atoms with Crippen LogP contribution in [0.15, 0.2) is 76.9 Å². The fourth-order valence-electron chi connectivity index (χ4n) is 2.64. The van der Waals surface area contributed by atoms with Crippen molar-refractivity contribution in [1.82, 2.24) is 15.0 Å². The largest absolute Gasteiger partial charge is 0.497 e. The fourth-order valence-corrected chi connectivity index (χ4v) is 4.38. The van der Waals surface area contributed by atoms with E-state index in [4.69, 9.17) is 8.92 Å². The second-order valence-corrected chi connectivity index (χ2v) is 8.56. The van der Waals surface area contributed by atoms with Crippen molar-refractivity contribution in [2.24, 2.45) is 0 Å². The number of pyridine rings is 1. The minimum atomic E-state index is -3.94. The Morgan fingerprint density at radius 1 is 1.03 bits per heavy atom. The van der Waals surface area contributed by atoms with Gasteiger partial charge in [0, 0.05) is 18.0 Å². The average Bonchev–Trinajstić information content (AvgIpc) is 3.15. The van der Waals surface area contributed by atoms with Crippen LogP contribution in [-0.2, 0) is 15.9 Å². The molecule has 0 unspecified atom stereocenters. The van der Waals surface area contributed by atoms with E-state index in [1.54, 1.807) is 55.8 Å². The van der Waals surface area contributed by atoms with E-state index < -0.39 is 10.1 Å². The molecule has 0 saturated carbocycles. The number of nitrogens with zero attached hydrogens (tertiary/aromatic N) is 2. The average molecular weight is 428 g/mol. The fraction of sp³-hybridized carbons (Fsp3) is 0.100. The van der Waals surface area contributed by atoms with Crippen molar-refractivity contribution in [3.05, 3.63) is 72.6 Å². The van der Waals surface area contributed by atoms with E-state index in [2.05, 4.69) is 15.0 Å². The summed E-state index contributed by atoms with van der Waals surface area (Å²) < 4.78 is 35.5. The minimum Gasteiger partial charge on any atom is -0.497 e. The number of fused-ring (bicyclic) bond motifs is 1. The zero-order chi connectivity index (χ0) is 20.3. The van der Waals surface area contributed by atoms with Crippen molar-refractivity contribution >= 4 is 32.9 Å². The van der Waals surface area contributed by atoms with E-state index >= 15 is 0 Å². The molecule has 0 fully saturated rings. The molecule has 1 N–H and O–H groups in total. The molecule has 0 aliphatic heterocycles. The van der Waals surface area contributed by atoms with Crippen LogP contribution >= 0.6 is 11.8 Å². The lowest BCUT2D eigenvalue weighted by atomic mass is 10.3. The van der Waals surface area contributed by atoms with Crippen LogP contribution in [0.1, 0.15) is 5.69 Å². The summed E-state index contributed by atoms with van der Waals surface area (Å²) in [6.45, 7) is 0. The summed E-state index contributed by atoms with van der Waals surface area (Å²) >= 11 is 1.47. The third-order valence-corrected chi connectivity index (χ3v) is 6.20. The maximum atomic E-state index is 12.5. The third-order valence-electron chi connectivity index (χ3n) is 4.05. The summed E-state index contributed by atoms with van der Waals surface area (Å²) in [5.74, 6) is 1.60. The number of benzene rings is 2. The van der Waals surface area contributed by atoms with Gasteiger partial charge in [-0.15, -0.1) is 0 Å². The molecule has 0 radical (unpaired) electrons. The molecule has 0 aliphatic carbocycles. The number of methoxy groups -OCH3 is 1. The lowest BCUT2D eigenvalue weighted by Crippen LogP contribution is -2.09. The van der Waals surface area contributed by atoms with Gasteiger partial charge >= 0.3 is 10.1 Å². The molecule has 0 atom stereocenters. The molecule has 2 heterocycles. The molecule has 0 aliphatic rings. The first-order valence-electron chi connectivity index (χ1n) is 8.64. The van der Waals surface area contributed by atoms with Gasteiger partial charge in [0.05, 0.1) is 23.8 Å². The number of aromatic amines is 1. The predicted molar refractivity (Wildman–Crippen MR) is 111 cm³/mol. The van der Waals surface area contributed by atoms with Crippen LogP contribution in [0.25, 0.3) is 11.0 Å². The minimum absolute atomic E-state index is 0.0476. The second-order valence-electron chi connectivity index (χ2n) is 6.05. The zero-order valence-electron chi connectivity index (χ0n) is 15.4. The quantitative estimate of drug-likeness (QED) is 0.351. The summed E-state index contributed by atoms with van der Waals surface area (Å²) in [5.41, 5.74) is 2.14. The highest BCUT2D eigenvalue weighted by atomic mass is 32.2. The van der Waals surface area contributed by atoms with Gasteiger partial charge in [-0.2, -0.15) is 8.42 Å². The molecule has 4 aromatic rings. The number of rotatable bonds is 7. The van der Waals surface area contributed by atoms with Crippen LogP contribution in [0.2, 0.25) is 0 Å². The number of nitrogens with one attached hydrogen (secondary N) is 1. The smallest absolute Gasteiger partial charge is 0.339 e. The van der Waals surface area contributed by atoms with Crippen LogP contribution in [0.5, 0.6) is 11.5 Å². The number of aromatic nitrogens is 3. The molecule has 2 aromatic carbocycles. The van der Waals surface area contributed by atoms with Crippen molar-refractivity contribution in [2.75, 3.05) is 7.11 Å². The highest BCUT2D eigenvalue weighted by Crippen LogP contribution is 2.26. The van der Waals surface area contributed by atoms with Gasteiger partial charge in [-0.05, 0) is 36.4 Å². The molecule has 0 spiro atoms. The summed E-state index contributed by atoms with van der Waals surface area (Å²) in [7, 11) is -2.33. The van der Waals surface area contributed by atoms with E-state index in [0.717, 1.165) is 17.0 Å². The molecule has 2 aromatic heterocycles. The van der Waals surface area contributed by atoms with Crippen LogP contribution in [0.3, 0.4) is 0 Å². The molecule has 4 rings (SSSR count). The Bertz CT molecular complexity index is 1240. The molecule has 0 saturated heterocycles. The Morgan fingerprint density at radius 3 is 2.66 bits per heavy atom. The monoisotopic (exact) mass is 427 g/mol. The van der Waals surface area contributed by atoms with Crippen LogP contribution < -0.4 is 8.92 Å². The molecular formula is C20H17N3O4S2. The topological polar surface area (TPSA) is 94.2 Å². The summed E-state index contributed by atoms with van der Waals surface area (Å²) in [4.78, 5) is 12.0. The van der Waals surface area contributed by atoms with Gasteiger partial charge in [0.2, 0.25) is 0 Å². The van der Waals surface area contributed by atoms with Gasteiger partial charge in [0.25, 0.3) is 0 Å². The molecule has 148 valence electrons. The Labute approximate surface area is 172 Å². The number of para-hydroxylation sites is 1. The number of imidazole rings is 1. The number of thioether (sulfide) groups is 1. The summed E-state index contributed by atoms with van der Waals surface area (Å²) in [6, 6.07) is 16.7. The van der Waals surface area contributed by atoms with E-state index in [-0.39, 0.29) is 10.6 Å². The standard InChI is InChI=1S/C20H17N3O4S2/c1-26-16-9-10-21-14(11-16)13-28-20-22-18-8-7-17(12-19(18)23-20)29(24,25)27-15-5-3-2-4-6-15/h2-12H,13H2,1H3,(H,22,23). The maximum Gasteiger partial charge on any atom is 0.339 e. The van der Waals surface area contributed by atoms with Gasteiger partial charge in [0.1, 0.15) is 16.4 Å². The lowest BCUT2D eigenvalue weighted by molar-refractivity contribution is 0.413. The first kappa shape index (κ1) is 19.3. The van der Waals surface area contributed by atoms with Gasteiger partial charge < -0.3 is 13.9 Å². The van der Waals surface area contributed by atoms with Gasteiger partial charge in [0.15, 0.2) is 5.16 Å². The molecule has 0 amide bonds. The normalized spacial score (nSPS) is 11.5. The SMILES string of the molecule is COc1ccnc(CSc2nc3cc(S(=O)(=O)Oc4ccccc4)ccc3[nH]2)c1. The Hall–Kier alpha value is -3.04. The van der Waals surface area contributed by atoms with E-state index in [1.165, 1.54) is 23.9 Å². The van der Waals surface area contributed by atoms with Crippen molar-refractivity contribution in [3.63, 3.8) is 0 Å². The molecule has 7 nitrogen and oxygen atoms in total. The van der Waals surface area contributed by atoms with Gasteiger partial charge in [-0.3, -0.25) is 4.98 Å². The highest BCUT2D eigenvalue weighted by molar-refractivity contribution is 7.98. The second kappa shape index (κ2) is 8.14. The van der Waals surface area contributed by atoms with Crippen molar-refractivity contribution in [3.8, 4) is 11.5 Å². The third kappa shape index (κ3) is 4.52. The molecule has 29 heavy (non-hydrogen) atoms. The highest BCUT2D eigenvalue weighted by Gasteiger charge is 2.18. The number of H-pyrrole nitrogens is 1. The number of ether oxygens (including phenoxy) is 1.